The first-order chi connectivity index (χ1) is 16.1. The van der Waals surface area contributed by atoms with Gasteiger partial charge in [0.25, 0.3) is 5.91 Å². The zero-order valence-corrected chi connectivity index (χ0v) is 19.4. The molecule has 0 spiro atoms. The van der Waals surface area contributed by atoms with Gasteiger partial charge in [-0.25, -0.2) is 4.98 Å². The van der Waals surface area contributed by atoms with Crippen LogP contribution in [-0.4, -0.2) is 28.8 Å². The van der Waals surface area contributed by atoms with E-state index < -0.39 is 0 Å². The minimum atomic E-state index is -0.317. The Morgan fingerprint density at radius 1 is 1.06 bits per heavy atom. The highest BCUT2D eigenvalue weighted by Gasteiger charge is 2.34. The molecule has 4 aromatic rings. The van der Waals surface area contributed by atoms with E-state index in [0.717, 1.165) is 34.0 Å². The number of fused-ring (bicyclic) bond motifs is 3. The van der Waals surface area contributed by atoms with Crippen LogP contribution in [0.5, 0.6) is 5.75 Å². The fourth-order valence-corrected chi connectivity index (χ4v) is 4.64. The highest BCUT2D eigenvalue weighted by atomic mass is 32.2. The van der Waals surface area contributed by atoms with E-state index in [4.69, 9.17) is 9.72 Å². The number of carbonyl (C=O) groups is 1. The third-order valence-corrected chi connectivity index (χ3v) is 6.60. The standard InChI is InChI=1S/C26H24N4O2S/c1-16-23(25(31)28-18-10-12-19(32-2)13-11-18)24(17-8-14-20(33-3)15-9-17)30-22-7-5-4-6-21(22)29-26(30)27-16/h4-15,24H,1-3H3,(H,27,29)(H,28,31). The van der Waals surface area contributed by atoms with Gasteiger partial charge in [0.15, 0.2) is 0 Å². The summed E-state index contributed by atoms with van der Waals surface area (Å²) < 4.78 is 7.34. The number of aromatic nitrogens is 2. The Morgan fingerprint density at radius 3 is 2.48 bits per heavy atom. The highest BCUT2D eigenvalue weighted by Crippen LogP contribution is 2.39. The number of benzene rings is 3. The molecule has 1 atom stereocenters. The lowest BCUT2D eigenvalue weighted by Crippen LogP contribution is -2.30. The molecule has 1 amide bonds. The van der Waals surface area contributed by atoms with Gasteiger partial charge in [-0.1, -0.05) is 24.3 Å². The van der Waals surface area contributed by atoms with Crippen LogP contribution in [0.3, 0.4) is 0 Å². The van der Waals surface area contributed by atoms with Gasteiger partial charge in [-0.05, 0) is 67.3 Å². The molecule has 33 heavy (non-hydrogen) atoms. The monoisotopic (exact) mass is 456 g/mol. The van der Waals surface area contributed by atoms with Crippen molar-refractivity contribution in [3.63, 3.8) is 0 Å². The second-order valence-corrected chi connectivity index (χ2v) is 8.70. The third kappa shape index (κ3) is 3.85. The topological polar surface area (TPSA) is 68.2 Å². The predicted octanol–water partition coefficient (Wildman–Crippen LogP) is 5.69. The van der Waals surface area contributed by atoms with Crippen LogP contribution in [0.25, 0.3) is 11.0 Å². The zero-order chi connectivity index (χ0) is 22.9. The molecule has 3 aromatic carbocycles. The summed E-state index contributed by atoms with van der Waals surface area (Å²) in [6.07, 6.45) is 2.05. The summed E-state index contributed by atoms with van der Waals surface area (Å²) in [6.45, 7) is 1.93. The van der Waals surface area contributed by atoms with Gasteiger partial charge in [0.1, 0.15) is 5.75 Å². The average Bonchev–Trinajstić information content (AvgIpc) is 3.21. The quantitative estimate of drug-likeness (QED) is 0.377. The normalized spacial score (nSPS) is 15.2. The molecule has 0 fully saturated rings. The third-order valence-electron chi connectivity index (χ3n) is 5.85. The van der Waals surface area contributed by atoms with Gasteiger partial charge in [-0.15, -0.1) is 11.8 Å². The molecule has 2 heterocycles. The molecule has 0 saturated carbocycles. The van der Waals surface area contributed by atoms with Crippen molar-refractivity contribution in [1.82, 2.24) is 9.55 Å². The van der Waals surface area contributed by atoms with Crippen molar-refractivity contribution < 1.29 is 9.53 Å². The van der Waals surface area contributed by atoms with Crippen molar-refractivity contribution in [3.05, 3.63) is 89.6 Å². The average molecular weight is 457 g/mol. The SMILES string of the molecule is COc1ccc(NC(=O)C2=C(C)Nc3nc4ccccc4n3C2c2ccc(SC)cc2)cc1. The number of amides is 1. The van der Waals surface area contributed by atoms with Crippen molar-refractivity contribution in [2.45, 2.75) is 17.9 Å². The van der Waals surface area contributed by atoms with Crippen molar-refractivity contribution in [3.8, 4) is 5.75 Å². The Kier molecular flexibility index (Phi) is 5.56. The summed E-state index contributed by atoms with van der Waals surface area (Å²) in [7, 11) is 1.62. The minimum Gasteiger partial charge on any atom is -0.497 e. The zero-order valence-electron chi connectivity index (χ0n) is 18.6. The van der Waals surface area contributed by atoms with E-state index >= 15 is 0 Å². The van der Waals surface area contributed by atoms with E-state index in [1.165, 1.54) is 4.90 Å². The van der Waals surface area contributed by atoms with Crippen LogP contribution in [0.15, 0.2) is 89.0 Å². The molecular formula is C26H24N4O2S. The molecular weight excluding hydrogens is 432 g/mol. The van der Waals surface area contributed by atoms with E-state index in [2.05, 4.69) is 45.7 Å². The van der Waals surface area contributed by atoms with Crippen molar-refractivity contribution in [1.29, 1.82) is 0 Å². The number of hydrogen-bond acceptors (Lipinski definition) is 5. The number of hydrogen-bond donors (Lipinski definition) is 2. The number of anilines is 2. The summed E-state index contributed by atoms with van der Waals surface area (Å²) in [6, 6.07) is 23.4. The van der Waals surface area contributed by atoms with Gasteiger partial charge in [-0.2, -0.15) is 0 Å². The molecule has 2 N–H and O–H groups in total. The maximum Gasteiger partial charge on any atom is 0.255 e. The summed E-state index contributed by atoms with van der Waals surface area (Å²) in [5.41, 5.74) is 5.02. The minimum absolute atomic E-state index is 0.160. The van der Waals surface area contributed by atoms with Crippen LogP contribution >= 0.6 is 11.8 Å². The number of methoxy groups -OCH3 is 1. The number of imidazole rings is 1. The molecule has 7 heteroatoms. The number of ether oxygens (including phenoxy) is 1. The number of carbonyl (C=O) groups excluding carboxylic acids is 1. The second-order valence-electron chi connectivity index (χ2n) is 7.82. The molecule has 0 saturated heterocycles. The first kappa shape index (κ1) is 21.2. The summed E-state index contributed by atoms with van der Waals surface area (Å²) in [5.74, 6) is 1.31. The van der Waals surface area contributed by atoms with Gasteiger partial charge in [0, 0.05) is 16.3 Å². The Hall–Kier alpha value is -3.71. The largest absolute Gasteiger partial charge is 0.497 e. The predicted molar refractivity (Wildman–Crippen MR) is 134 cm³/mol. The lowest BCUT2D eigenvalue weighted by Gasteiger charge is -2.30. The molecule has 1 aliphatic heterocycles. The van der Waals surface area contributed by atoms with E-state index in [1.54, 1.807) is 18.9 Å². The van der Waals surface area contributed by atoms with Crippen molar-refractivity contribution in [2.24, 2.45) is 0 Å². The van der Waals surface area contributed by atoms with Crippen LogP contribution in [0.4, 0.5) is 11.6 Å². The van der Waals surface area contributed by atoms with E-state index in [1.807, 2.05) is 55.5 Å². The summed E-state index contributed by atoms with van der Waals surface area (Å²) in [5, 5.41) is 6.41. The Balaban J connectivity index is 1.61. The molecule has 1 aromatic heterocycles. The number of thioether (sulfide) groups is 1. The number of nitrogens with one attached hydrogen (secondary N) is 2. The Labute approximate surface area is 196 Å². The first-order valence-corrected chi connectivity index (χ1v) is 11.9. The molecule has 0 radical (unpaired) electrons. The summed E-state index contributed by atoms with van der Waals surface area (Å²) >= 11 is 1.69. The van der Waals surface area contributed by atoms with Crippen LogP contribution in [0.1, 0.15) is 18.5 Å². The molecule has 5 rings (SSSR count). The van der Waals surface area contributed by atoms with Crippen LogP contribution < -0.4 is 15.4 Å². The van der Waals surface area contributed by atoms with Gasteiger partial charge >= 0.3 is 0 Å². The molecule has 0 aliphatic carbocycles. The lowest BCUT2D eigenvalue weighted by atomic mass is 9.94. The lowest BCUT2D eigenvalue weighted by molar-refractivity contribution is -0.113. The molecule has 0 bridgehead atoms. The molecule has 1 unspecified atom stereocenters. The smallest absolute Gasteiger partial charge is 0.255 e. The van der Waals surface area contributed by atoms with E-state index in [9.17, 15) is 4.79 Å². The number of para-hydroxylation sites is 2. The van der Waals surface area contributed by atoms with Crippen molar-refractivity contribution in [2.75, 3.05) is 24.0 Å². The van der Waals surface area contributed by atoms with Gasteiger partial charge in [0.05, 0.1) is 29.8 Å². The number of allylic oxidation sites excluding steroid dienone is 1. The van der Waals surface area contributed by atoms with E-state index in [0.29, 0.717) is 11.3 Å². The Morgan fingerprint density at radius 2 is 1.79 bits per heavy atom. The first-order valence-electron chi connectivity index (χ1n) is 10.6. The Bertz CT molecular complexity index is 1360. The van der Waals surface area contributed by atoms with Crippen molar-refractivity contribution >= 4 is 40.3 Å². The summed E-state index contributed by atoms with van der Waals surface area (Å²) in [4.78, 5) is 19.6. The highest BCUT2D eigenvalue weighted by molar-refractivity contribution is 7.98. The molecule has 6 nitrogen and oxygen atoms in total. The van der Waals surface area contributed by atoms with E-state index in [-0.39, 0.29) is 11.9 Å². The number of rotatable bonds is 5. The van der Waals surface area contributed by atoms with Crippen LogP contribution in [0.2, 0.25) is 0 Å². The maximum absolute atomic E-state index is 13.6. The second kappa shape index (κ2) is 8.67. The van der Waals surface area contributed by atoms with Gasteiger partial charge < -0.3 is 15.4 Å². The fourth-order valence-electron chi connectivity index (χ4n) is 4.23. The van der Waals surface area contributed by atoms with Crippen LogP contribution in [-0.2, 0) is 4.79 Å². The van der Waals surface area contributed by atoms with Gasteiger partial charge in [0.2, 0.25) is 5.95 Å². The molecule has 1 aliphatic rings. The molecule has 166 valence electrons. The van der Waals surface area contributed by atoms with Gasteiger partial charge in [-0.3, -0.25) is 9.36 Å². The maximum atomic E-state index is 13.6. The fraction of sp³-hybridized carbons (Fsp3) is 0.154. The van der Waals surface area contributed by atoms with Crippen LogP contribution in [0, 0.1) is 0 Å². The number of nitrogens with zero attached hydrogens (tertiary/aromatic N) is 2.